The van der Waals surface area contributed by atoms with Crippen LogP contribution in [-0.4, -0.2) is 37.1 Å². The molecule has 136 valence electrons. The predicted molar refractivity (Wildman–Crippen MR) is 99.0 cm³/mol. The summed E-state index contributed by atoms with van der Waals surface area (Å²) in [4.78, 5) is 25.6. The van der Waals surface area contributed by atoms with Crippen molar-refractivity contribution in [2.45, 2.75) is 13.3 Å². The Morgan fingerprint density at radius 3 is 2.81 bits per heavy atom. The maximum absolute atomic E-state index is 12.5. The molecule has 8 heteroatoms. The number of aromatic nitrogens is 5. The summed E-state index contributed by atoms with van der Waals surface area (Å²) in [5, 5.41) is 6.85. The van der Waals surface area contributed by atoms with Crippen LogP contribution in [-0.2, 0) is 13.5 Å². The fraction of sp³-hybridized carbons (Fsp3) is 0.211. The van der Waals surface area contributed by atoms with Gasteiger partial charge in [0.2, 0.25) is 11.7 Å². The number of hydrogen-bond acceptors (Lipinski definition) is 6. The molecule has 3 heterocycles. The summed E-state index contributed by atoms with van der Waals surface area (Å²) in [6, 6.07) is 11.3. The van der Waals surface area contributed by atoms with Crippen LogP contribution in [0.25, 0.3) is 22.6 Å². The van der Waals surface area contributed by atoms with Crippen molar-refractivity contribution in [1.82, 2.24) is 30.0 Å². The number of hydrogen-bond donors (Lipinski definition) is 1. The van der Waals surface area contributed by atoms with Gasteiger partial charge in [-0.25, -0.2) is 9.97 Å². The summed E-state index contributed by atoms with van der Waals surface area (Å²) >= 11 is 0. The minimum Gasteiger partial charge on any atom is -0.351 e. The van der Waals surface area contributed by atoms with E-state index in [1.807, 2.05) is 48.9 Å². The normalized spacial score (nSPS) is 11.0. The van der Waals surface area contributed by atoms with Crippen LogP contribution in [0.2, 0.25) is 0 Å². The van der Waals surface area contributed by atoms with Crippen LogP contribution in [0.15, 0.2) is 47.1 Å². The second-order valence-corrected chi connectivity index (χ2v) is 6.13. The number of benzene rings is 1. The number of carbonyl (C=O) groups is 1. The van der Waals surface area contributed by atoms with Crippen LogP contribution < -0.4 is 5.32 Å². The van der Waals surface area contributed by atoms with Crippen molar-refractivity contribution in [3.05, 3.63) is 59.9 Å². The number of pyridine rings is 1. The van der Waals surface area contributed by atoms with Crippen molar-refractivity contribution >= 4 is 17.1 Å². The molecule has 27 heavy (non-hydrogen) atoms. The average molecular weight is 362 g/mol. The number of imidazole rings is 1. The molecule has 0 atom stereocenters. The fourth-order valence-corrected chi connectivity index (χ4v) is 2.81. The third-order valence-corrected chi connectivity index (χ3v) is 4.35. The van der Waals surface area contributed by atoms with Gasteiger partial charge in [-0.2, -0.15) is 4.98 Å². The van der Waals surface area contributed by atoms with Gasteiger partial charge in [-0.1, -0.05) is 35.5 Å². The van der Waals surface area contributed by atoms with Crippen LogP contribution in [0.1, 0.15) is 22.1 Å². The van der Waals surface area contributed by atoms with Crippen molar-refractivity contribution in [2.75, 3.05) is 6.54 Å². The number of fused-ring (bicyclic) bond motifs is 1. The molecule has 1 aromatic carbocycles. The van der Waals surface area contributed by atoms with Gasteiger partial charge in [0.25, 0.3) is 5.91 Å². The molecule has 1 N–H and O–H groups in total. The number of rotatable bonds is 5. The van der Waals surface area contributed by atoms with E-state index in [4.69, 9.17) is 4.52 Å². The number of carbonyl (C=O) groups excluding carboxylic acids is 1. The summed E-state index contributed by atoms with van der Waals surface area (Å²) in [5.74, 6) is 1.61. The number of nitrogens with one attached hydrogen (secondary N) is 1. The lowest BCUT2D eigenvalue weighted by molar-refractivity contribution is 0.0955. The van der Waals surface area contributed by atoms with E-state index in [0.717, 1.165) is 11.4 Å². The molecule has 0 aliphatic carbocycles. The minimum atomic E-state index is -0.205. The second-order valence-electron chi connectivity index (χ2n) is 6.13. The Labute approximate surface area is 155 Å². The van der Waals surface area contributed by atoms with Gasteiger partial charge in [-0.05, 0) is 13.0 Å². The van der Waals surface area contributed by atoms with Crippen molar-refractivity contribution < 1.29 is 9.32 Å². The predicted octanol–water partition coefficient (Wildman–Crippen LogP) is 2.30. The van der Waals surface area contributed by atoms with E-state index in [9.17, 15) is 4.79 Å². The Kier molecular flexibility index (Phi) is 4.37. The molecule has 0 radical (unpaired) electrons. The maximum Gasteiger partial charge on any atom is 0.253 e. The molecule has 3 aromatic heterocycles. The zero-order valence-corrected chi connectivity index (χ0v) is 15.0. The first-order valence-electron chi connectivity index (χ1n) is 8.57. The molecule has 0 aliphatic heterocycles. The summed E-state index contributed by atoms with van der Waals surface area (Å²) in [6.45, 7) is 2.26. The average Bonchev–Trinajstić information content (AvgIpc) is 3.27. The van der Waals surface area contributed by atoms with Gasteiger partial charge >= 0.3 is 0 Å². The van der Waals surface area contributed by atoms with Crippen LogP contribution in [0.4, 0.5) is 0 Å². The summed E-state index contributed by atoms with van der Waals surface area (Å²) < 4.78 is 7.11. The van der Waals surface area contributed by atoms with E-state index < -0.39 is 0 Å². The zero-order valence-electron chi connectivity index (χ0n) is 15.0. The van der Waals surface area contributed by atoms with Gasteiger partial charge < -0.3 is 14.4 Å². The van der Waals surface area contributed by atoms with Gasteiger partial charge in [0.05, 0.1) is 5.56 Å². The number of amides is 1. The lowest BCUT2D eigenvalue weighted by Gasteiger charge is -2.04. The van der Waals surface area contributed by atoms with Gasteiger partial charge in [0.15, 0.2) is 5.65 Å². The topological polar surface area (TPSA) is 98.7 Å². The minimum absolute atomic E-state index is 0.205. The Hall–Kier alpha value is -3.55. The van der Waals surface area contributed by atoms with E-state index in [0.29, 0.717) is 41.4 Å². The molecule has 8 nitrogen and oxygen atoms in total. The highest BCUT2D eigenvalue weighted by molar-refractivity contribution is 6.04. The third kappa shape index (κ3) is 3.29. The summed E-state index contributed by atoms with van der Waals surface area (Å²) in [7, 11) is 1.87. The first-order valence-corrected chi connectivity index (χ1v) is 8.57. The van der Waals surface area contributed by atoms with Crippen molar-refractivity contribution in [1.29, 1.82) is 0 Å². The second kappa shape index (κ2) is 6.99. The smallest absolute Gasteiger partial charge is 0.253 e. The Bertz CT molecular complexity index is 1100. The molecule has 4 rings (SSSR count). The molecular weight excluding hydrogens is 344 g/mol. The summed E-state index contributed by atoms with van der Waals surface area (Å²) in [5.41, 5.74) is 2.67. The van der Waals surface area contributed by atoms with Gasteiger partial charge in [0.1, 0.15) is 11.3 Å². The fourth-order valence-electron chi connectivity index (χ4n) is 2.81. The van der Waals surface area contributed by atoms with E-state index in [-0.39, 0.29) is 5.91 Å². The SMILES string of the molecule is Cc1nc2c(C(=O)NCCc3nc(-c4ccccc4)no3)ccnc2n1C. The summed E-state index contributed by atoms with van der Waals surface area (Å²) in [6.07, 6.45) is 2.06. The molecule has 0 bridgehead atoms. The molecule has 1 amide bonds. The lowest BCUT2D eigenvalue weighted by Crippen LogP contribution is -2.26. The maximum atomic E-state index is 12.5. The van der Waals surface area contributed by atoms with Crippen LogP contribution in [0.5, 0.6) is 0 Å². The van der Waals surface area contributed by atoms with Gasteiger partial charge in [0, 0.05) is 31.8 Å². The first kappa shape index (κ1) is 16.9. The van der Waals surface area contributed by atoms with Crippen molar-refractivity contribution in [2.24, 2.45) is 7.05 Å². The van der Waals surface area contributed by atoms with Crippen molar-refractivity contribution in [3.63, 3.8) is 0 Å². The molecule has 0 saturated heterocycles. The highest BCUT2D eigenvalue weighted by atomic mass is 16.5. The zero-order chi connectivity index (χ0) is 18.8. The van der Waals surface area contributed by atoms with Crippen LogP contribution in [0, 0.1) is 6.92 Å². The molecule has 0 fully saturated rings. The Balaban J connectivity index is 1.42. The molecule has 0 spiro atoms. The third-order valence-electron chi connectivity index (χ3n) is 4.35. The molecule has 4 aromatic rings. The Morgan fingerprint density at radius 2 is 2.00 bits per heavy atom. The molecule has 0 aliphatic rings. The number of nitrogens with zero attached hydrogens (tertiary/aromatic N) is 5. The monoisotopic (exact) mass is 362 g/mol. The first-order chi connectivity index (χ1) is 13.1. The molecular formula is C19H18N6O2. The van der Waals surface area contributed by atoms with E-state index >= 15 is 0 Å². The van der Waals surface area contributed by atoms with E-state index in [1.54, 1.807) is 12.3 Å². The van der Waals surface area contributed by atoms with Crippen LogP contribution in [0.3, 0.4) is 0 Å². The lowest BCUT2D eigenvalue weighted by atomic mass is 10.2. The Morgan fingerprint density at radius 1 is 1.19 bits per heavy atom. The number of aryl methyl sites for hydroxylation is 2. The van der Waals surface area contributed by atoms with E-state index in [2.05, 4.69) is 25.4 Å². The van der Waals surface area contributed by atoms with Crippen molar-refractivity contribution in [3.8, 4) is 11.4 Å². The van der Waals surface area contributed by atoms with E-state index in [1.165, 1.54) is 0 Å². The van der Waals surface area contributed by atoms with Crippen LogP contribution >= 0.6 is 0 Å². The standard InChI is InChI=1S/C19H18N6O2/c1-12-22-16-14(8-10-20-18(16)25(12)2)19(26)21-11-9-15-23-17(24-27-15)13-6-4-3-5-7-13/h3-8,10H,9,11H2,1-2H3,(H,21,26). The molecule has 0 saturated carbocycles. The quantitative estimate of drug-likeness (QED) is 0.585. The molecule has 0 unspecified atom stereocenters. The largest absolute Gasteiger partial charge is 0.351 e. The highest BCUT2D eigenvalue weighted by Crippen LogP contribution is 2.17. The van der Waals surface area contributed by atoms with Gasteiger partial charge in [-0.3, -0.25) is 4.79 Å². The highest BCUT2D eigenvalue weighted by Gasteiger charge is 2.16. The van der Waals surface area contributed by atoms with Gasteiger partial charge in [-0.15, -0.1) is 0 Å².